The fourth-order valence-electron chi connectivity index (χ4n) is 2.57. The first-order valence-electron chi connectivity index (χ1n) is 5.75. The maximum atomic E-state index is 10.8. The average molecular weight is 197 g/mol. The number of nitrogens with zero attached hydrogens (tertiary/aromatic N) is 1. The Kier molecular flexibility index (Phi) is 4.11. The van der Waals surface area contributed by atoms with Gasteiger partial charge in [-0.3, -0.25) is 4.90 Å². The van der Waals surface area contributed by atoms with Gasteiger partial charge in [0.05, 0.1) is 0 Å². The minimum absolute atomic E-state index is 0.295. The summed E-state index contributed by atoms with van der Waals surface area (Å²) in [6.07, 6.45) is 3.22. The first kappa shape index (κ1) is 11.7. The molecule has 0 bridgehead atoms. The first-order valence-corrected chi connectivity index (χ1v) is 5.75. The van der Waals surface area contributed by atoms with Crippen LogP contribution in [0.25, 0.3) is 0 Å². The SMILES string of the molecule is CC(C)CN1[C@H](C)CC(C=O)C[C@@H]1C. The van der Waals surface area contributed by atoms with Gasteiger partial charge in [-0.25, -0.2) is 0 Å². The summed E-state index contributed by atoms with van der Waals surface area (Å²) in [5.41, 5.74) is 0. The maximum Gasteiger partial charge on any atom is 0.123 e. The molecule has 0 saturated carbocycles. The quantitative estimate of drug-likeness (QED) is 0.647. The zero-order chi connectivity index (χ0) is 10.7. The third-order valence-electron chi connectivity index (χ3n) is 3.19. The lowest BCUT2D eigenvalue weighted by molar-refractivity contribution is -0.113. The van der Waals surface area contributed by atoms with E-state index in [1.807, 2.05) is 0 Å². The van der Waals surface area contributed by atoms with Crippen molar-refractivity contribution in [1.82, 2.24) is 4.90 Å². The van der Waals surface area contributed by atoms with Gasteiger partial charge in [0, 0.05) is 24.5 Å². The molecule has 0 aromatic rings. The Morgan fingerprint density at radius 2 is 1.79 bits per heavy atom. The van der Waals surface area contributed by atoms with Crippen LogP contribution < -0.4 is 0 Å². The van der Waals surface area contributed by atoms with Gasteiger partial charge in [-0.05, 0) is 32.6 Å². The summed E-state index contributed by atoms with van der Waals surface area (Å²) in [7, 11) is 0. The van der Waals surface area contributed by atoms with E-state index in [1.54, 1.807) is 0 Å². The van der Waals surface area contributed by atoms with Crippen molar-refractivity contribution in [3.63, 3.8) is 0 Å². The number of carbonyl (C=O) groups is 1. The molecule has 14 heavy (non-hydrogen) atoms. The van der Waals surface area contributed by atoms with E-state index >= 15 is 0 Å². The maximum absolute atomic E-state index is 10.8. The van der Waals surface area contributed by atoms with Crippen LogP contribution in [-0.4, -0.2) is 29.8 Å². The van der Waals surface area contributed by atoms with Gasteiger partial charge >= 0.3 is 0 Å². The Labute approximate surface area is 87.7 Å². The van der Waals surface area contributed by atoms with E-state index in [0.29, 0.717) is 23.9 Å². The molecule has 1 aliphatic rings. The normalized spacial score (nSPS) is 34.8. The molecule has 82 valence electrons. The van der Waals surface area contributed by atoms with Crippen molar-refractivity contribution in [2.24, 2.45) is 11.8 Å². The number of rotatable bonds is 3. The van der Waals surface area contributed by atoms with Crippen molar-refractivity contribution in [3.05, 3.63) is 0 Å². The van der Waals surface area contributed by atoms with Crippen LogP contribution in [0.2, 0.25) is 0 Å². The number of carbonyl (C=O) groups excluding carboxylic acids is 1. The Bertz CT molecular complexity index is 179. The molecule has 2 heteroatoms. The lowest BCUT2D eigenvalue weighted by Crippen LogP contribution is -2.48. The molecule has 1 rings (SSSR count). The van der Waals surface area contributed by atoms with E-state index in [1.165, 1.54) is 0 Å². The largest absolute Gasteiger partial charge is 0.303 e. The summed E-state index contributed by atoms with van der Waals surface area (Å²) in [6, 6.07) is 1.13. The van der Waals surface area contributed by atoms with E-state index in [-0.39, 0.29) is 0 Å². The van der Waals surface area contributed by atoms with E-state index in [2.05, 4.69) is 32.6 Å². The smallest absolute Gasteiger partial charge is 0.123 e. The second kappa shape index (κ2) is 4.92. The van der Waals surface area contributed by atoms with Crippen LogP contribution >= 0.6 is 0 Å². The number of hydrogen-bond donors (Lipinski definition) is 0. The zero-order valence-electron chi connectivity index (χ0n) is 9.86. The molecule has 0 N–H and O–H groups in total. The molecule has 1 saturated heterocycles. The topological polar surface area (TPSA) is 20.3 Å². The van der Waals surface area contributed by atoms with Crippen LogP contribution in [0.3, 0.4) is 0 Å². The van der Waals surface area contributed by atoms with Gasteiger partial charge in [-0.2, -0.15) is 0 Å². The van der Waals surface area contributed by atoms with Crippen LogP contribution in [0.4, 0.5) is 0 Å². The van der Waals surface area contributed by atoms with Crippen LogP contribution in [0.15, 0.2) is 0 Å². The predicted molar refractivity (Wildman–Crippen MR) is 59.3 cm³/mol. The summed E-state index contributed by atoms with van der Waals surface area (Å²) in [6.45, 7) is 10.2. The van der Waals surface area contributed by atoms with Crippen molar-refractivity contribution in [1.29, 1.82) is 0 Å². The van der Waals surface area contributed by atoms with E-state index < -0.39 is 0 Å². The van der Waals surface area contributed by atoms with Gasteiger partial charge in [0.2, 0.25) is 0 Å². The van der Waals surface area contributed by atoms with E-state index in [0.717, 1.165) is 25.7 Å². The zero-order valence-corrected chi connectivity index (χ0v) is 9.86. The Morgan fingerprint density at radius 1 is 1.29 bits per heavy atom. The van der Waals surface area contributed by atoms with Crippen LogP contribution in [0.5, 0.6) is 0 Å². The molecule has 1 heterocycles. The van der Waals surface area contributed by atoms with Gasteiger partial charge in [0.25, 0.3) is 0 Å². The average Bonchev–Trinajstić information content (AvgIpc) is 2.10. The molecule has 1 unspecified atom stereocenters. The first-order chi connectivity index (χ1) is 6.54. The summed E-state index contributed by atoms with van der Waals surface area (Å²) < 4.78 is 0. The molecular weight excluding hydrogens is 174 g/mol. The summed E-state index contributed by atoms with van der Waals surface area (Å²) in [5, 5.41) is 0. The van der Waals surface area contributed by atoms with Crippen LogP contribution in [0, 0.1) is 11.8 Å². The van der Waals surface area contributed by atoms with Gasteiger partial charge in [-0.1, -0.05) is 13.8 Å². The lowest BCUT2D eigenvalue weighted by Gasteiger charge is -2.42. The third-order valence-corrected chi connectivity index (χ3v) is 3.19. The van der Waals surface area contributed by atoms with Gasteiger partial charge < -0.3 is 4.79 Å². The Balaban J connectivity index is 2.55. The Hall–Kier alpha value is -0.370. The van der Waals surface area contributed by atoms with Gasteiger partial charge in [-0.15, -0.1) is 0 Å². The molecule has 0 spiro atoms. The van der Waals surface area contributed by atoms with Crippen LogP contribution in [0.1, 0.15) is 40.5 Å². The highest BCUT2D eigenvalue weighted by Crippen LogP contribution is 2.26. The van der Waals surface area contributed by atoms with E-state index in [9.17, 15) is 4.79 Å². The molecule has 2 nitrogen and oxygen atoms in total. The van der Waals surface area contributed by atoms with E-state index in [4.69, 9.17) is 0 Å². The summed E-state index contributed by atoms with van der Waals surface area (Å²) in [4.78, 5) is 13.3. The number of likely N-dealkylation sites (tertiary alicyclic amines) is 1. The monoisotopic (exact) mass is 197 g/mol. The third kappa shape index (κ3) is 2.81. The fraction of sp³-hybridized carbons (Fsp3) is 0.917. The second-order valence-electron chi connectivity index (χ2n) is 5.16. The standard InChI is InChI=1S/C12H23NO/c1-9(2)7-13-10(3)5-12(8-14)6-11(13)4/h8-12H,5-7H2,1-4H3/t10-,11+,12?. The molecule has 0 aromatic heterocycles. The minimum atomic E-state index is 0.295. The van der Waals surface area contributed by atoms with Crippen molar-refractivity contribution in [2.45, 2.75) is 52.6 Å². The minimum Gasteiger partial charge on any atom is -0.303 e. The molecule has 0 radical (unpaired) electrons. The highest BCUT2D eigenvalue weighted by atomic mass is 16.1. The second-order valence-corrected chi connectivity index (χ2v) is 5.16. The van der Waals surface area contributed by atoms with Crippen molar-refractivity contribution in [2.75, 3.05) is 6.54 Å². The predicted octanol–water partition coefficient (Wildman–Crippen LogP) is 2.33. The van der Waals surface area contributed by atoms with Crippen molar-refractivity contribution in [3.8, 4) is 0 Å². The molecule has 0 aliphatic carbocycles. The molecule has 0 aromatic carbocycles. The number of piperidine rings is 1. The lowest BCUT2D eigenvalue weighted by atomic mass is 9.87. The Morgan fingerprint density at radius 3 is 2.14 bits per heavy atom. The highest BCUT2D eigenvalue weighted by molar-refractivity contribution is 5.53. The summed E-state index contributed by atoms with van der Waals surface area (Å²) in [5.74, 6) is 1.01. The molecular formula is C12H23NO. The molecule has 1 fully saturated rings. The number of hydrogen-bond acceptors (Lipinski definition) is 2. The molecule has 0 amide bonds. The van der Waals surface area contributed by atoms with Gasteiger partial charge in [0.15, 0.2) is 0 Å². The highest BCUT2D eigenvalue weighted by Gasteiger charge is 2.30. The fourth-order valence-corrected chi connectivity index (χ4v) is 2.57. The van der Waals surface area contributed by atoms with Crippen molar-refractivity contribution >= 4 is 6.29 Å². The van der Waals surface area contributed by atoms with Crippen LogP contribution in [-0.2, 0) is 4.79 Å². The van der Waals surface area contributed by atoms with Crippen molar-refractivity contribution < 1.29 is 4.79 Å². The van der Waals surface area contributed by atoms with Gasteiger partial charge in [0.1, 0.15) is 6.29 Å². The molecule has 3 atom stereocenters. The number of aldehydes is 1. The summed E-state index contributed by atoms with van der Waals surface area (Å²) >= 11 is 0. The molecule has 1 aliphatic heterocycles.